The molecule has 0 amide bonds. The SMILES string of the molecule is O=[N+]([O-])c1ccccc1S(=O)(=O)NCCOc1ccc2nnc(-c3ccccc3Cl)n2n1. The van der Waals surface area contributed by atoms with Crippen LogP contribution in [0, 0.1) is 10.1 Å². The lowest BCUT2D eigenvalue weighted by Crippen LogP contribution is -2.29. The van der Waals surface area contributed by atoms with Crippen LogP contribution >= 0.6 is 11.6 Å². The molecule has 0 aliphatic heterocycles. The number of nitrogens with zero attached hydrogens (tertiary/aromatic N) is 5. The Morgan fingerprint density at radius 1 is 1.06 bits per heavy atom. The van der Waals surface area contributed by atoms with Crippen molar-refractivity contribution in [3.63, 3.8) is 0 Å². The first-order valence-corrected chi connectivity index (χ1v) is 11.1. The normalized spacial score (nSPS) is 11.5. The third kappa shape index (κ3) is 4.37. The van der Waals surface area contributed by atoms with E-state index in [4.69, 9.17) is 16.3 Å². The Morgan fingerprint density at radius 2 is 1.81 bits per heavy atom. The number of hydrogen-bond donors (Lipinski definition) is 1. The van der Waals surface area contributed by atoms with Gasteiger partial charge in [0.1, 0.15) is 6.61 Å². The van der Waals surface area contributed by atoms with Gasteiger partial charge in [0, 0.05) is 24.2 Å². The zero-order valence-corrected chi connectivity index (χ0v) is 17.8. The van der Waals surface area contributed by atoms with Crippen LogP contribution in [0.5, 0.6) is 5.88 Å². The maximum atomic E-state index is 12.4. The Morgan fingerprint density at radius 3 is 2.59 bits per heavy atom. The van der Waals surface area contributed by atoms with Crippen molar-refractivity contribution in [2.45, 2.75) is 4.90 Å². The molecule has 0 spiro atoms. The second-order valence-corrected chi connectivity index (χ2v) is 8.56. The second kappa shape index (κ2) is 8.86. The monoisotopic (exact) mass is 474 g/mol. The van der Waals surface area contributed by atoms with Crippen LogP contribution in [-0.4, -0.2) is 46.3 Å². The second-order valence-electron chi connectivity index (χ2n) is 6.42. The van der Waals surface area contributed by atoms with Gasteiger partial charge in [-0.1, -0.05) is 35.9 Å². The number of fused-ring (bicyclic) bond motifs is 1. The number of rotatable bonds is 8. The standard InChI is InChI=1S/C19H15ClN6O5S/c20-14-6-2-1-5-13(14)19-23-22-17-9-10-18(24-25(17)19)31-12-11-21-32(29,30)16-8-4-3-7-15(16)26(27)28/h1-10,21H,11-12H2. The lowest BCUT2D eigenvalue weighted by atomic mass is 10.2. The molecule has 0 unspecified atom stereocenters. The van der Waals surface area contributed by atoms with Crippen LogP contribution in [0.1, 0.15) is 0 Å². The molecular weight excluding hydrogens is 460 g/mol. The van der Waals surface area contributed by atoms with Gasteiger partial charge in [0.25, 0.3) is 5.69 Å². The van der Waals surface area contributed by atoms with Crippen molar-refractivity contribution in [2.24, 2.45) is 0 Å². The van der Waals surface area contributed by atoms with Gasteiger partial charge in [-0.15, -0.1) is 15.3 Å². The summed E-state index contributed by atoms with van der Waals surface area (Å²) in [5, 5.41) is 24.1. The minimum atomic E-state index is -4.10. The Labute approximate surface area is 186 Å². The Balaban J connectivity index is 1.46. The van der Waals surface area contributed by atoms with E-state index in [1.807, 2.05) is 6.07 Å². The van der Waals surface area contributed by atoms with Gasteiger partial charge in [0.2, 0.25) is 15.9 Å². The summed E-state index contributed by atoms with van der Waals surface area (Å²) in [6.45, 7) is -0.199. The number of nitro groups is 1. The number of ether oxygens (including phenoxy) is 1. The van der Waals surface area contributed by atoms with E-state index >= 15 is 0 Å². The van der Waals surface area contributed by atoms with Crippen molar-refractivity contribution in [2.75, 3.05) is 13.2 Å². The predicted molar refractivity (Wildman–Crippen MR) is 115 cm³/mol. The molecule has 2 aromatic heterocycles. The van der Waals surface area contributed by atoms with Gasteiger partial charge in [-0.05, 0) is 24.3 Å². The number of hydrogen-bond acceptors (Lipinski definition) is 8. The van der Waals surface area contributed by atoms with Gasteiger partial charge in [-0.25, -0.2) is 13.1 Å². The summed E-state index contributed by atoms with van der Waals surface area (Å²) in [6, 6.07) is 15.4. The molecule has 4 rings (SSSR count). The van der Waals surface area contributed by atoms with E-state index < -0.39 is 25.5 Å². The van der Waals surface area contributed by atoms with Gasteiger partial charge < -0.3 is 4.74 Å². The lowest BCUT2D eigenvalue weighted by Gasteiger charge is -2.09. The van der Waals surface area contributed by atoms with E-state index in [0.29, 0.717) is 22.1 Å². The largest absolute Gasteiger partial charge is 0.475 e. The average Bonchev–Trinajstić information content (AvgIpc) is 3.20. The summed E-state index contributed by atoms with van der Waals surface area (Å²) in [5.74, 6) is 0.628. The Kier molecular flexibility index (Phi) is 5.99. The topological polar surface area (TPSA) is 142 Å². The van der Waals surface area contributed by atoms with Crippen molar-refractivity contribution < 1.29 is 18.1 Å². The first-order valence-electron chi connectivity index (χ1n) is 9.20. The fourth-order valence-electron chi connectivity index (χ4n) is 2.90. The van der Waals surface area contributed by atoms with Gasteiger partial charge in [-0.2, -0.15) is 4.52 Å². The first kappa shape index (κ1) is 21.6. The molecular formula is C19H15ClN6O5S. The highest BCUT2D eigenvalue weighted by atomic mass is 35.5. The molecule has 0 atom stereocenters. The quantitative estimate of drug-likeness (QED) is 0.233. The van der Waals surface area contributed by atoms with Crippen LogP contribution in [0.25, 0.3) is 17.0 Å². The smallest absolute Gasteiger partial charge is 0.289 e. The van der Waals surface area contributed by atoms with E-state index in [1.54, 1.807) is 30.3 Å². The van der Waals surface area contributed by atoms with Crippen LogP contribution in [0.15, 0.2) is 65.6 Å². The van der Waals surface area contributed by atoms with Crippen LogP contribution < -0.4 is 9.46 Å². The fourth-order valence-corrected chi connectivity index (χ4v) is 4.31. The number of sulfonamides is 1. The van der Waals surface area contributed by atoms with Crippen LogP contribution in [-0.2, 0) is 10.0 Å². The number of benzene rings is 2. The summed E-state index contributed by atoms with van der Waals surface area (Å²) >= 11 is 6.23. The maximum absolute atomic E-state index is 12.4. The minimum Gasteiger partial charge on any atom is -0.475 e. The van der Waals surface area contributed by atoms with Crippen molar-refractivity contribution in [1.82, 2.24) is 24.5 Å². The van der Waals surface area contributed by atoms with Gasteiger partial charge >= 0.3 is 0 Å². The molecule has 11 nitrogen and oxygen atoms in total. The molecule has 0 radical (unpaired) electrons. The highest BCUT2D eigenvalue weighted by Gasteiger charge is 2.24. The molecule has 2 aromatic carbocycles. The van der Waals surface area contributed by atoms with E-state index in [2.05, 4.69) is 20.0 Å². The van der Waals surface area contributed by atoms with Crippen molar-refractivity contribution >= 4 is 33.0 Å². The molecule has 164 valence electrons. The summed E-state index contributed by atoms with van der Waals surface area (Å²) in [4.78, 5) is 9.91. The molecule has 13 heteroatoms. The number of nitro benzene ring substituents is 1. The first-order chi connectivity index (χ1) is 15.4. The molecule has 0 saturated carbocycles. The van der Waals surface area contributed by atoms with E-state index in [0.717, 1.165) is 6.07 Å². The number of halogens is 1. The van der Waals surface area contributed by atoms with Gasteiger partial charge in [-0.3, -0.25) is 10.1 Å². The van der Waals surface area contributed by atoms with Gasteiger partial charge in [0.05, 0.1) is 9.95 Å². The van der Waals surface area contributed by atoms with Crippen molar-refractivity contribution in [1.29, 1.82) is 0 Å². The highest BCUT2D eigenvalue weighted by Crippen LogP contribution is 2.26. The summed E-state index contributed by atoms with van der Waals surface area (Å²) in [6.07, 6.45) is 0. The number of para-hydroxylation sites is 1. The third-order valence-electron chi connectivity index (χ3n) is 4.35. The van der Waals surface area contributed by atoms with E-state index in [9.17, 15) is 18.5 Å². The zero-order chi connectivity index (χ0) is 22.7. The molecule has 0 fully saturated rings. The summed E-state index contributed by atoms with van der Waals surface area (Å²) in [7, 11) is -4.10. The predicted octanol–water partition coefficient (Wildman–Crippen LogP) is 2.71. The molecule has 0 aliphatic rings. The molecule has 1 N–H and O–H groups in total. The van der Waals surface area contributed by atoms with E-state index in [-0.39, 0.29) is 19.0 Å². The van der Waals surface area contributed by atoms with Crippen LogP contribution in [0.3, 0.4) is 0 Å². The molecule has 2 heterocycles. The molecule has 32 heavy (non-hydrogen) atoms. The maximum Gasteiger partial charge on any atom is 0.289 e. The van der Waals surface area contributed by atoms with E-state index in [1.165, 1.54) is 22.7 Å². The van der Waals surface area contributed by atoms with Crippen molar-refractivity contribution in [3.8, 4) is 17.3 Å². The molecule has 4 aromatic rings. The summed E-state index contributed by atoms with van der Waals surface area (Å²) < 4.78 is 34.1. The number of aromatic nitrogens is 4. The fraction of sp³-hybridized carbons (Fsp3) is 0.105. The number of nitrogens with one attached hydrogen (secondary N) is 1. The molecule has 0 bridgehead atoms. The molecule has 0 saturated heterocycles. The summed E-state index contributed by atoms with van der Waals surface area (Å²) in [5.41, 5.74) is 0.612. The zero-order valence-electron chi connectivity index (χ0n) is 16.3. The van der Waals surface area contributed by atoms with Crippen LogP contribution in [0.2, 0.25) is 5.02 Å². The molecule has 0 aliphatic carbocycles. The average molecular weight is 475 g/mol. The van der Waals surface area contributed by atoms with Crippen molar-refractivity contribution in [3.05, 3.63) is 75.8 Å². The Hall–Kier alpha value is -3.61. The highest BCUT2D eigenvalue weighted by molar-refractivity contribution is 7.89. The third-order valence-corrected chi connectivity index (χ3v) is 6.19. The minimum absolute atomic E-state index is 0.0675. The Bertz CT molecular complexity index is 1410. The van der Waals surface area contributed by atoms with Gasteiger partial charge in [0.15, 0.2) is 16.4 Å². The lowest BCUT2D eigenvalue weighted by molar-refractivity contribution is -0.387. The van der Waals surface area contributed by atoms with Crippen LogP contribution in [0.4, 0.5) is 5.69 Å².